The van der Waals surface area contributed by atoms with Crippen LogP contribution in [0.4, 0.5) is 5.69 Å². The number of thiophene rings is 1. The average Bonchev–Trinajstić information content (AvgIpc) is 3.28. The minimum absolute atomic E-state index is 0.231. The van der Waals surface area contributed by atoms with Gasteiger partial charge in [0.1, 0.15) is 10.9 Å². The van der Waals surface area contributed by atoms with Crippen LogP contribution in [0.1, 0.15) is 21.9 Å². The molecule has 0 aliphatic heterocycles. The van der Waals surface area contributed by atoms with Gasteiger partial charge in [0.2, 0.25) is 0 Å². The van der Waals surface area contributed by atoms with E-state index in [1.165, 1.54) is 11.8 Å². The molecule has 0 unspecified atom stereocenters. The van der Waals surface area contributed by atoms with Gasteiger partial charge in [-0.25, -0.2) is 19.9 Å². The highest BCUT2D eigenvalue weighted by molar-refractivity contribution is 7.98. The number of rotatable bonds is 5. The normalized spacial score (nSPS) is 10.8. The molecule has 0 fully saturated rings. The molecule has 4 rings (SSSR count). The summed E-state index contributed by atoms with van der Waals surface area (Å²) in [6.07, 6.45) is 3.64. The molecule has 3 aromatic heterocycles. The number of hydrogen-bond acceptors (Lipinski definition) is 7. The lowest BCUT2D eigenvalue weighted by atomic mass is 10.1. The molecule has 8 heteroatoms. The fraction of sp³-hybridized carbons (Fsp3) is 0.136. The third-order valence-corrected chi connectivity index (χ3v) is 5.96. The second-order valence-electron chi connectivity index (χ2n) is 6.52. The Morgan fingerprint density at radius 3 is 2.67 bits per heavy atom. The zero-order chi connectivity index (χ0) is 21.1. The van der Waals surface area contributed by atoms with Gasteiger partial charge in [-0.3, -0.25) is 4.79 Å². The van der Waals surface area contributed by atoms with Gasteiger partial charge >= 0.3 is 0 Å². The van der Waals surface area contributed by atoms with Crippen LogP contribution in [0, 0.1) is 13.8 Å². The molecule has 0 spiro atoms. The highest BCUT2D eigenvalue weighted by Crippen LogP contribution is 2.28. The van der Waals surface area contributed by atoms with E-state index < -0.39 is 0 Å². The largest absolute Gasteiger partial charge is 0.322 e. The lowest BCUT2D eigenvalue weighted by molar-refractivity contribution is 0.102. The quantitative estimate of drug-likeness (QED) is 0.342. The van der Waals surface area contributed by atoms with Crippen molar-refractivity contribution in [3.8, 4) is 22.0 Å². The number of amides is 1. The minimum atomic E-state index is -0.231. The van der Waals surface area contributed by atoms with E-state index in [4.69, 9.17) is 0 Å². The maximum atomic E-state index is 13.1. The summed E-state index contributed by atoms with van der Waals surface area (Å²) in [5.74, 6) is 1.11. The third kappa shape index (κ3) is 4.24. The smallest absolute Gasteiger partial charge is 0.260 e. The van der Waals surface area contributed by atoms with Gasteiger partial charge in [-0.1, -0.05) is 18.2 Å². The van der Waals surface area contributed by atoms with E-state index in [9.17, 15) is 4.79 Å². The van der Waals surface area contributed by atoms with Crippen molar-refractivity contribution < 1.29 is 4.79 Å². The molecule has 0 bridgehead atoms. The Bertz CT molecular complexity index is 1210. The Hall–Kier alpha value is -3.10. The Kier molecular flexibility index (Phi) is 5.87. The molecule has 0 aliphatic carbocycles. The highest BCUT2D eigenvalue weighted by atomic mass is 32.2. The lowest BCUT2D eigenvalue weighted by Gasteiger charge is -2.12. The molecular formula is C22H19N5OS2. The molecule has 3 heterocycles. The van der Waals surface area contributed by atoms with Crippen molar-refractivity contribution in [2.24, 2.45) is 0 Å². The zero-order valence-corrected chi connectivity index (χ0v) is 18.3. The molecule has 0 saturated carbocycles. The molecular weight excluding hydrogens is 414 g/mol. The van der Waals surface area contributed by atoms with Crippen molar-refractivity contribution in [3.63, 3.8) is 0 Å². The first-order valence-corrected chi connectivity index (χ1v) is 11.3. The average molecular weight is 434 g/mol. The molecule has 30 heavy (non-hydrogen) atoms. The Morgan fingerprint density at radius 1 is 1.07 bits per heavy atom. The van der Waals surface area contributed by atoms with Crippen LogP contribution in [0.5, 0.6) is 0 Å². The molecule has 1 amide bonds. The van der Waals surface area contributed by atoms with Gasteiger partial charge in [-0.15, -0.1) is 23.1 Å². The Balaban J connectivity index is 1.64. The molecule has 1 N–H and O–H groups in total. The monoisotopic (exact) mass is 433 g/mol. The van der Waals surface area contributed by atoms with E-state index in [0.717, 1.165) is 16.1 Å². The predicted molar refractivity (Wildman–Crippen MR) is 122 cm³/mol. The van der Waals surface area contributed by atoms with Crippen molar-refractivity contribution in [3.05, 3.63) is 71.1 Å². The predicted octanol–water partition coefficient (Wildman–Crippen LogP) is 5.25. The summed E-state index contributed by atoms with van der Waals surface area (Å²) in [6.45, 7) is 3.69. The summed E-state index contributed by atoms with van der Waals surface area (Å²) in [5.41, 5.74) is 3.54. The highest BCUT2D eigenvalue weighted by Gasteiger charge is 2.19. The van der Waals surface area contributed by atoms with Crippen molar-refractivity contribution >= 4 is 34.7 Å². The number of carbonyl (C=O) groups excluding carboxylic acids is 1. The summed E-state index contributed by atoms with van der Waals surface area (Å²) in [5, 5.41) is 5.62. The van der Waals surface area contributed by atoms with Gasteiger partial charge < -0.3 is 5.32 Å². The first-order chi connectivity index (χ1) is 14.5. The lowest BCUT2D eigenvalue weighted by Crippen LogP contribution is -2.17. The molecule has 1 aromatic carbocycles. The van der Waals surface area contributed by atoms with E-state index in [2.05, 4.69) is 25.3 Å². The Morgan fingerprint density at radius 2 is 1.93 bits per heavy atom. The van der Waals surface area contributed by atoms with E-state index >= 15 is 0 Å². The number of aryl methyl sites for hydroxylation is 2. The number of anilines is 1. The standard InChI is InChI=1S/C22H19N5OS2/c1-13-19(22(29-3)27-20(24-13)18-8-5-11-30-18)21(28)26-16-7-4-6-15(12-16)17-9-10-23-14(2)25-17/h4-12H,1-3H3,(H,26,28). The molecule has 0 atom stereocenters. The molecule has 4 aromatic rings. The first-order valence-electron chi connectivity index (χ1n) is 9.23. The second kappa shape index (κ2) is 8.73. The maximum absolute atomic E-state index is 13.1. The maximum Gasteiger partial charge on any atom is 0.260 e. The van der Waals surface area contributed by atoms with Crippen LogP contribution < -0.4 is 5.32 Å². The van der Waals surface area contributed by atoms with Crippen LogP contribution in [0.2, 0.25) is 0 Å². The van der Waals surface area contributed by atoms with Gasteiger partial charge in [0.25, 0.3) is 5.91 Å². The number of hydrogen-bond donors (Lipinski definition) is 1. The van der Waals surface area contributed by atoms with E-state index in [1.54, 1.807) is 17.5 Å². The number of nitrogens with zero attached hydrogens (tertiary/aromatic N) is 4. The minimum Gasteiger partial charge on any atom is -0.322 e. The fourth-order valence-electron chi connectivity index (χ4n) is 3.04. The molecule has 0 radical (unpaired) electrons. The van der Waals surface area contributed by atoms with Crippen molar-refractivity contribution in [2.45, 2.75) is 18.9 Å². The van der Waals surface area contributed by atoms with E-state index in [1.807, 2.05) is 67.9 Å². The van der Waals surface area contributed by atoms with Gasteiger partial charge in [-0.05, 0) is 49.7 Å². The van der Waals surface area contributed by atoms with Crippen molar-refractivity contribution in [2.75, 3.05) is 11.6 Å². The van der Waals surface area contributed by atoms with Crippen LogP contribution in [0.15, 0.2) is 59.1 Å². The summed E-state index contributed by atoms with van der Waals surface area (Å²) < 4.78 is 0. The van der Waals surface area contributed by atoms with Crippen molar-refractivity contribution in [1.29, 1.82) is 0 Å². The number of nitrogens with one attached hydrogen (secondary N) is 1. The fourth-order valence-corrected chi connectivity index (χ4v) is 4.32. The van der Waals surface area contributed by atoms with Crippen LogP contribution >= 0.6 is 23.1 Å². The first kappa shape index (κ1) is 20.2. The Labute approximate surface area is 182 Å². The van der Waals surface area contributed by atoms with E-state index in [0.29, 0.717) is 33.6 Å². The molecule has 6 nitrogen and oxygen atoms in total. The molecule has 0 aliphatic rings. The van der Waals surface area contributed by atoms with Gasteiger partial charge in [0, 0.05) is 17.4 Å². The van der Waals surface area contributed by atoms with Crippen LogP contribution in [-0.4, -0.2) is 32.1 Å². The SMILES string of the molecule is CSc1nc(-c2cccs2)nc(C)c1C(=O)Nc1cccc(-c2ccnc(C)n2)c1. The zero-order valence-electron chi connectivity index (χ0n) is 16.7. The number of thioether (sulfide) groups is 1. The number of aromatic nitrogens is 4. The van der Waals surface area contributed by atoms with Crippen molar-refractivity contribution in [1.82, 2.24) is 19.9 Å². The summed E-state index contributed by atoms with van der Waals surface area (Å²) >= 11 is 3.01. The molecule has 150 valence electrons. The molecule has 0 saturated heterocycles. The van der Waals surface area contributed by atoms with Crippen LogP contribution in [0.3, 0.4) is 0 Å². The second-order valence-corrected chi connectivity index (χ2v) is 8.26. The van der Waals surface area contributed by atoms with Crippen LogP contribution in [0.25, 0.3) is 22.0 Å². The van der Waals surface area contributed by atoms with Gasteiger partial charge in [0.15, 0.2) is 5.82 Å². The third-order valence-electron chi connectivity index (χ3n) is 4.41. The van der Waals surface area contributed by atoms with Gasteiger partial charge in [0.05, 0.1) is 21.8 Å². The summed E-state index contributed by atoms with van der Waals surface area (Å²) in [6, 6.07) is 13.4. The number of benzene rings is 1. The van der Waals surface area contributed by atoms with Gasteiger partial charge in [-0.2, -0.15) is 0 Å². The van der Waals surface area contributed by atoms with Crippen LogP contribution in [-0.2, 0) is 0 Å². The van der Waals surface area contributed by atoms with E-state index in [-0.39, 0.29) is 5.91 Å². The summed E-state index contributed by atoms with van der Waals surface area (Å²) in [4.78, 5) is 31.8. The number of carbonyl (C=O) groups is 1. The topological polar surface area (TPSA) is 80.7 Å². The summed E-state index contributed by atoms with van der Waals surface area (Å²) in [7, 11) is 0.